The molecule has 0 aliphatic heterocycles. The molecule has 1 aliphatic rings. The first kappa shape index (κ1) is 14.8. The van der Waals surface area contributed by atoms with Crippen molar-refractivity contribution in [1.29, 1.82) is 0 Å². The van der Waals surface area contributed by atoms with E-state index in [1.165, 1.54) is 6.07 Å². The number of halogens is 5. The maximum atomic E-state index is 13.2. The van der Waals surface area contributed by atoms with Crippen molar-refractivity contribution in [2.45, 2.75) is 25.4 Å². The number of hydrogen-bond acceptors (Lipinski definition) is 1. The van der Waals surface area contributed by atoms with Crippen LogP contribution in [0.1, 0.15) is 23.1 Å². The average molecular weight is 314 g/mol. The van der Waals surface area contributed by atoms with E-state index >= 15 is 0 Å². The zero-order valence-electron chi connectivity index (χ0n) is 11.3. The fourth-order valence-electron chi connectivity index (χ4n) is 2.75. The molecule has 0 bridgehead atoms. The lowest BCUT2D eigenvalue weighted by atomic mass is 10.0. The van der Waals surface area contributed by atoms with E-state index in [0.29, 0.717) is 30.9 Å². The van der Waals surface area contributed by atoms with Crippen molar-refractivity contribution in [1.82, 2.24) is 0 Å². The van der Waals surface area contributed by atoms with Gasteiger partial charge < -0.3 is 4.74 Å². The van der Waals surface area contributed by atoms with Crippen molar-refractivity contribution >= 4 is 0 Å². The normalized spacial score (nSPS) is 14.0. The summed E-state index contributed by atoms with van der Waals surface area (Å²) in [5.74, 6) is -1.48. The van der Waals surface area contributed by atoms with Crippen molar-refractivity contribution in [3.8, 4) is 11.5 Å². The Kier molecular flexibility index (Phi) is 3.54. The Hall–Kier alpha value is -2.11. The van der Waals surface area contributed by atoms with Crippen molar-refractivity contribution in [2.24, 2.45) is 0 Å². The van der Waals surface area contributed by atoms with Crippen LogP contribution in [0.5, 0.6) is 11.5 Å². The number of fused-ring (bicyclic) bond motifs is 1. The summed E-state index contributed by atoms with van der Waals surface area (Å²) in [6, 6.07) is 4.83. The second-order valence-corrected chi connectivity index (χ2v) is 5.13. The largest absolute Gasteiger partial charge is 0.457 e. The summed E-state index contributed by atoms with van der Waals surface area (Å²) in [5, 5.41) is 0. The molecule has 0 unspecified atom stereocenters. The van der Waals surface area contributed by atoms with E-state index in [9.17, 15) is 22.0 Å². The highest BCUT2D eigenvalue weighted by molar-refractivity contribution is 5.50. The Balaban J connectivity index is 2.01. The number of hydrogen-bond donors (Lipinski definition) is 0. The fourth-order valence-corrected chi connectivity index (χ4v) is 2.75. The van der Waals surface area contributed by atoms with Gasteiger partial charge >= 0.3 is 6.18 Å². The Bertz CT molecular complexity index is 701. The lowest BCUT2D eigenvalue weighted by Crippen LogP contribution is -2.09. The van der Waals surface area contributed by atoms with Crippen molar-refractivity contribution in [3.05, 3.63) is 58.7 Å². The molecule has 0 heterocycles. The Morgan fingerprint density at radius 3 is 2.14 bits per heavy atom. The third kappa shape index (κ3) is 2.77. The molecule has 0 saturated heterocycles. The standard InChI is InChI=1S/C16H11F5O/c17-9-6-10(18)8-11(7-9)22-15-5-4-14(16(19,20)21)12-2-1-3-13(12)15/h4-8H,1-3H2. The summed E-state index contributed by atoms with van der Waals surface area (Å²) >= 11 is 0. The zero-order chi connectivity index (χ0) is 15.9. The van der Waals surface area contributed by atoms with Crippen LogP contribution in [0, 0.1) is 11.6 Å². The van der Waals surface area contributed by atoms with Crippen molar-refractivity contribution < 1.29 is 26.7 Å². The van der Waals surface area contributed by atoms with Gasteiger partial charge in [-0.3, -0.25) is 0 Å². The molecule has 0 atom stereocenters. The van der Waals surface area contributed by atoms with Gasteiger partial charge in [0.25, 0.3) is 0 Å². The highest BCUT2D eigenvalue weighted by Gasteiger charge is 2.36. The van der Waals surface area contributed by atoms with Crippen LogP contribution in [0.15, 0.2) is 30.3 Å². The summed E-state index contributed by atoms with van der Waals surface area (Å²) in [6.07, 6.45) is -3.06. The molecule has 0 spiro atoms. The zero-order valence-corrected chi connectivity index (χ0v) is 11.3. The van der Waals surface area contributed by atoms with Gasteiger partial charge in [-0.05, 0) is 42.5 Å². The lowest BCUT2D eigenvalue weighted by Gasteiger charge is -2.16. The maximum absolute atomic E-state index is 13.2. The number of rotatable bonds is 2. The summed E-state index contributed by atoms with van der Waals surface area (Å²) in [7, 11) is 0. The lowest BCUT2D eigenvalue weighted by molar-refractivity contribution is -0.138. The fraction of sp³-hybridized carbons (Fsp3) is 0.250. The van der Waals surface area contributed by atoms with Crippen LogP contribution >= 0.6 is 0 Å². The minimum absolute atomic E-state index is 0.0774. The van der Waals surface area contributed by atoms with Crippen LogP contribution in [0.25, 0.3) is 0 Å². The predicted octanol–water partition coefficient (Wildman–Crippen LogP) is 5.26. The highest BCUT2D eigenvalue weighted by Crippen LogP contribution is 2.41. The molecule has 0 N–H and O–H groups in total. The molecule has 2 aromatic carbocycles. The van der Waals surface area contributed by atoms with Gasteiger partial charge in [0.2, 0.25) is 0 Å². The molecule has 1 nitrogen and oxygen atoms in total. The Morgan fingerprint density at radius 1 is 0.864 bits per heavy atom. The summed E-state index contributed by atoms with van der Waals surface area (Å²) in [6.45, 7) is 0. The molecule has 0 aromatic heterocycles. The van der Waals surface area contributed by atoms with Gasteiger partial charge in [0.1, 0.15) is 23.1 Å². The van der Waals surface area contributed by atoms with E-state index in [1.807, 2.05) is 0 Å². The quantitative estimate of drug-likeness (QED) is 0.687. The van der Waals surface area contributed by atoms with Gasteiger partial charge in [0, 0.05) is 18.2 Å². The number of benzene rings is 2. The summed E-state index contributed by atoms with van der Waals surface area (Å²) in [5.41, 5.74) is -0.000794. The van der Waals surface area contributed by atoms with Crippen LogP contribution in [-0.4, -0.2) is 0 Å². The van der Waals surface area contributed by atoms with Crippen LogP contribution < -0.4 is 4.74 Å². The molecule has 116 valence electrons. The van der Waals surface area contributed by atoms with E-state index in [1.54, 1.807) is 0 Å². The summed E-state index contributed by atoms with van der Waals surface area (Å²) in [4.78, 5) is 0. The van der Waals surface area contributed by atoms with Crippen LogP contribution in [-0.2, 0) is 19.0 Å². The van der Waals surface area contributed by atoms with Crippen molar-refractivity contribution in [3.63, 3.8) is 0 Å². The molecular weight excluding hydrogens is 303 g/mol. The van der Waals surface area contributed by atoms with Crippen LogP contribution in [0.4, 0.5) is 22.0 Å². The second kappa shape index (κ2) is 5.26. The van der Waals surface area contributed by atoms with Crippen LogP contribution in [0.2, 0.25) is 0 Å². The molecule has 3 rings (SSSR count). The molecule has 6 heteroatoms. The van der Waals surface area contributed by atoms with E-state index in [2.05, 4.69) is 0 Å². The smallest absolute Gasteiger partial charge is 0.416 e. The van der Waals surface area contributed by atoms with Gasteiger partial charge in [-0.25, -0.2) is 8.78 Å². The van der Waals surface area contributed by atoms with Gasteiger partial charge in [0.15, 0.2) is 0 Å². The SMILES string of the molecule is Fc1cc(F)cc(Oc2ccc(C(F)(F)F)c3c2CCC3)c1. The van der Waals surface area contributed by atoms with Gasteiger partial charge in [-0.15, -0.1) is 0 Å². The Labute approximate surface area is 123 Å². The van der Waals surface area contributed by atoms with Gasteiger partial charge in [-0.2, -0.15) is 13.2 Å². The summed E-state index contributed by atoms with van der Waals surface area (Å²) < 4.78 is 70.6. The van der Waals surface area contributed by atoms with Crippen molar-refractivity contribution in [2.75, 3.05) is 0 Å². The Morgan fingerprint density at radius 2 is 1.50 bits per heavy atom. The second-order valence-electron chi connectivity index (χ2n) is 5.13. The first-order chi connectivity index (χ1) is 10.3. The average Bonchev–Trinajstić information content (AvgIpc) is 2.85. The van der Waals surface area contributed by atoms with E-state index in [4.69, 9.17) is 4.74 Å². The van der Waals surface area contributed by atoms with E-state index in [0.717, 1.165) is 18.2 Å². The first-order valence-corrected chi connectivity index (χ1v) is 6.70. The third-order valence-electron chi connectivity index (χ3n) is 3.61. The topological polar surface area (TPSA) is 9.23 Å². The highest BCUT2D eigenvalue weighted by atomic mass is 19.4. The third-order valence-corrected chi connectivity index (χ3v) is 3.61. The number of ether oxygens (including phenoxy) is 1. The molecule has 0 fully saturated rings. The first-order valence-electron chi connectivity index (χ1n) is 6.70. The molecule has 22 heavy (non-hydrogen) atoms. The number of alkyl halides is 3. The molecule has 1 aliphatic carbocycles. The van der Waals surface area contributed by atoms with Crippen LogP contribution in [0.3, 0.4) is 0 Å². The monoisotopic (exact) mass is 314 g/mol. The maximum Gasteiger partial charge on any atom is 0.416 e. The van der Waals surface area contributed by atoms with Gasteiger partial charge in [-0.1, -0.05) is 0 Å². The molecule has 0 saturated carbocycles. The van der Waals surface area contributed by atoms with Gasteiger partial charge in [0.05, 0.1) is 5.56 Å². The molecule has 0 amide bonds. The van der Waals surface area contributed by atoms with E-state index in [-0.39, 0.29) is 17.1 Å². The van der Waals surface area contributed by atoms with E-state index < -0.39 is 23.4 Å². The molecular formula is C16H11F5O. The predicted molar refractivity (Wildman–Crippen MR) is 69.9 cm³/mol. The molecule has 0 radical (unpaired) electrons. The minimum Gasteiger partial charge on any atom is -0.457 e. The molecule has 2 aromatic rings. The minimum atomic E-state index is -4.42.